The van der Waals surface area contributed by atoms with Gasteiger partial charge >= 0.3 is 0 Å². The van der Waals surface area contributed by atoms with Gasteiger partial charge in [-0.3, -0.25) is 4.79 Å². The summed E-state index contributed by atoms with van der Waals surface area (Å²) in [4.78, 5) is 17.2. The highest BCUT2D eigenvalue weighted by atomic mass is 32.2. The topological polar surface area (TPSA) is 111 Å². The summed E-state index contributed by atoms with van der Waals surface area (Å²) < 4.78 is 28.3. The number of thiophene rings is 1. The maximum Gasteiger partial charge on any atom is 0.257 e. The van der Waals surface area contributed by atoms with Crippen molar-refractivity contribution in [2.24, 2.45) is 5.14 Å². The Bertz CT molecular complexity index is 1020. The molecule has 0 aliphatic heterocycles. The van der Waals surface area contributed by atoms with Crippen LogP contribution in [0.2, 0.25) is 0 Å². The fourth-order valence-corrected chi connectivity index (χ4v) is 3.83. The van der Waals surface area contributed by atoms with Crippen LogP contribution in [0.3, 0.4) is 0 Å². The zero-order valence-electron chi connectivity index (χ0n) is 13.5. The lowest BCUT2D eigenvalue weighted by atomic mass is 10.2. The van der Waals surface area contributed by atoms with E-state index in [0.717, 1.165) is 11.3 Å². The van der Waals surface area contributed by atoms with E-state index < -0.39 is 10.0 Å². The molecule has 0 bridgehead atoms. The number of sulfonamides is 1. The highest BCUT2D eigenvalue weighted by Crippen LogP contribution is 2.23. The SMILES string of the molecule is NS(=O)(=O)c1ccc(CNC(=O)c2cccnc2Oc2ccccc2)s1. The van der Waals surface area contributed by atoms with Gasteiger partial charge in [-0.05, 0) is 36.4 Å². The van der Waals surface area contributed by atoms with Crippen LogP contribution in [-0.2, 0) is 16.6 Å². The first-order chi connectivity index (χ1) is 12.4. The van der Waals surface area contributed by atoms with Crippen LogP contribution in [0, 0.1) is 0 Å². The molecule has 0 radical (unpaired) electrons. The molecule has 134 valence electrons. The van der Waals surface area contributed by atoms with Crippen molar-refractivity contribution in [1.82, 2.24) is 10.3 Å². The zero-order valence-corrected chi connectivity index (χ0v) is 15.1. The van der Waals surface area contributed by atoms with Crippen LogP contribution >= 0.6 is 11.3 Å². The summed E-state index contributed by atoms with van der Waals surface area (Å²) in [5.41, 5.74) is 0.277. The molecule has 1 amide bonds. The third-order valence-corrected chi connectivity index (χ3v) is 5.84. The summed E-state index contributed by atoms with van der Waals surface area (Å²) in [7, 11) is -3.74. The Kier molecular flexibility index (Phi) is 5.31. The normalized spacial score (nSPS) is 11.1. The summed E-state index contributed by atoms with van der Waals surface area (Å²) in [6, 6.07) is 15.3. The Morgan fingerprint density at radius 3 is 2.58 bits per heavy atom. The van der Waals surface area contributed by atoms with Crippen LogP contribution in [-0.4, -0.2) is 19.3 Å². The van der Waals surface area contributed by atoms with Gasteiger partial charge < -0.3 is 10.1 Å². The number of hydrogen-bond donors (Lipinski definition) is 2. The van der Waals surface area contributed by atoms with E-state index in [1.165, 1.54) is 12.3 Å². The van der Waals surface area contributed by atoms with Crippen LogP contribution in [0.15, 0.2) is 65.0 Å². The van der Waals surface area contributed by atoms with Gasteiger partial charge in [0.25, 0.3) is 5.91 Å². The summed E-state index contributed by atoms with van der Waals surface area (Å²) >= 11 is 1.01. The molecule has 0 unspecified atom stereocenters. The largest absolute Gasteiger partial charge is 0.438 e. The molecule has 0 saturated heterocycles. The summed E-state index contributed by atoms with van der Waals surface area (Å²) in [5, 5.41) is 7.80. The zero-order chi connectivity index (χ0) is 18.6. The first kappa shape index (κ1) is 18.1. The van der Waals surface area contributed by atoms with Crippen LogP contribution in [0.4, 0.5) is 0 Å². The lowest BCUT2D eigenvalue weighted by molar-refractivity contribution is 0.0948. The van der Waals surface area contributed by atoms with Gasteiger partial charge in [0, 0.05) is 11.1 Å². The Hall–Kier alpha value is -2.75. The Morgan fingerprint density at radius 1 is 1.12 bits per heavy atom. The number of nitrogens with two attached hydrogens (primary N) is 1. The van der Waals surface area contributed by atoms with Gasteiger partial charge in [0.15, 0.2) is 0 Å². The molecular weight excluding hydrogens is 374 g/mol. The predicted molar refractivity (Wildman–Crippen MR) is 97.6 cm³/mol. The second kappa shape index (κ2) is 7.65. The van der Waals surface area contributed by atoms with Gasteiger partial charge in [0.05, 0.1) is 6.54 Å². The van der Waals surface area contributed by atoms with Crippen molar-refractivity contribution in [3.05, 3.63) is 71.2 Å². The van der Waals surface area contributed by atoms with E-state index in [9.17, 15) is 13.2 Å². The van der Waals surface area contributed by atoms with E-state index in [0.29, 0.717) is 10.6 Å². The summed E-state index contributed by atoms with van der Waals surface area (Å²) in [6.45, 7) is 0.165. The maximum absolute atomic E-state index is 12.5. The molecule has 9 heteroatoms. The number of ether oxygens (including phenoxy) is 1. The lowest BCUT2D eigenvalue weighted by Gasteiger charge is -2.09. The number of primary sulfonamides is 1. The Morgan fingerprint density at radius 2 is 1.88 bits per heavy atom. The standard InChI is InChI=1S/C17H15N3O4S2/c18-26(22,23)15-9-8-13(25-15)11-20-16(21)14-7-4-10-19-17(14)24-12-5-2-1-3-6-12/h1-10H,11H2,(H,20,21)(H2,18,22,23). The number of nitrogens with zero attached hydrogens (tertiary/aromatic N) is 1. The molecule has 0 spiro atoms. The minimum Gasteiger partial charge on any atom is -0.438 e. The second-order valence-corrected chi connectivity index (χ2v) is 8.18. The van der Waals surface area contributed by atoms with Crippen LogP contribution < -0.4 is 15.2 Å². The maximum atomic E-state index is 12.5. The monoisotopic (exact) mass is 389 g/mol. The molecule has 7 nitrogen and oxygen atoms in total. The fourth-order valence-electron chi connectivity index (χ4n) is 2.11. The first-order valence-corrected chi connectivity index (χ1v) is 9.87. The minimum absolute atomic E-state index is 0.0521. The van der Waals surface area contributed by atoms with Crippen molar-refractivity contribution in [1.29, 1.82) is 0 Å². The van der Waals surface area contributed by atoms with Crippen LogP contribution in [0.1, 0.15) is 15.2 Å². The molecule has 2 heterocycles. The van der Waals surface area contributed by atoms with Gasteiger partial charge in [0.1, 0.15) is 15.5 Å². The summed E-state index contributed by atoms with van der Waals surface area (Å²) in [6.07, 6.45) is 1.53. The number of aromatic nitrogens is 1. The van der Waals surface area contributed by atoms with E-state index in [1.54, 1.807) is 30.3 Å². The van der Waals surface area contributed by atoms with E-state index in [1.807, 2.05) is 18.2 Å². The smallest absolute Gasteiger partial charge is 0.257 e. The number of nitrogens with one attached hydrogen (secondary N) is 1. The first-order valence-electron chi connectivity index (χ1n) is 7.51. The van der Waals surface area contributed by atoms with Crippen molar-refractivity contribution in [3.8, 4) is 11.6 Å². The third kappa shape index (κ3) is 4.45. The van der Waals surface area contributed by atoms with Gasteiger partial charge in [-0.15, -0.1) is 11.3 Å². The van der Waals surface area contributed by atoms with Gasteiger partial charge in [-0.25, -0.2) is 18.5 Å². The molecule has 0 aliphatic carbocycles. The molecule has 3 rings (SSSR count). The van der Waals surface area contributed by atoms with Crippen molar-refractivity contribution in [2.45, 2.75) is 10.8 Å². The average molecular weight is 389 g/mol. The predicted octanol–water partition coefficient (Wildman–Crippen LogP) is 2.51. The minimum atomic E-state index is -3.74. The summed E-state index contributed by atoms with van der Waals surface area (Å²) in [5.74, 6) is 0.374. The Labute approximate surface area is 154 Å². The molecule has 2 aromatic heterocycles. The second-order valence-electron chi connectivity index (χ2n) is 5.22. The lowest BCUT2D eigenvalue weighted by Crippen LogP contribution is -2.23. The molecular formula is C17H15N3O4S2. The van der Waals surface area contributed by atoms with Gasteiger partial charge in [0.2, 0.25) is 15.9 Å². The number of rotatable bonds is 6. The van der Waals surface area contributed by atoms with Gasteiger partial charge in [-0.1, -0.05) is 18.2 Å². The molecule has 0 aliphatic rings. The van der Waals surface area contributed by atoms with E-state index in [4.69, 9.17) is 9.88 Å². The van der Waals surface area contributed by atoms with Crippen LogP contribution in [0.25, 0.3) is 0 Å². The number of benzene rings is 1. The number of pyridine rings is 1. The van der Waals surface area contributed by atoms with Crippen molar-refractivity contribution in [3.63, 3.8) is 0 Å². The Balaban J connectivity index is 1.71. The highest BCUT2D eigenvalue weighted by molar-refractivity contribution is 7.91. The van der Waals surface area contributed by atoms with E-state index in [-0.39, 0.29) is 28.1 Å². The quantitative estimate of drug-likeness (QED) is 0.673. The van der Waals surface area contributed by atoms with Crippen molar-refractivity contribution in [2.75, 3.05) is 0 Å². The third-order valence-electron chi connectivity index (χ3n) is 3.31. The number of amides is 1. The molecule has 3 aromatic rings. The number of carbonyl (C=O) groups is 1. The molecule has 1 aromatic carbocycles. The molecule has 0 fully saturated rings. The fraction of sp³-hybridized carbons (Fsp3) is 0.0588. The van der Waals surface area contributed by atoms with Crippen molar-refractivity contribution >= 4 is 27.3 Å². The molecule has 0 saturated carbocycles. The average Bonchev–Trinajstić information content (AvgIpc) is 3.10. The van der Waals surface area contributed by atoms with E-state index >= 15 is 0 Å². The van der Waals surface area contributed by atoms with Crippen LogP contribution in [0.5, 0.6) is 11.6 Å². The molecule has 0 atom stereocenters. The number of para-hydroxylation sites is 1. The molecule has 3 N–H and O–H groups in total. The van der Waals surface area contributed by atoms with Gasteiger partial charge in [-0.2, -0.15) is 0 Å². The molecule has 26 heavy (non-hydrogen) atoms. The van der Waals surface area contributed by atoms with Crippen molar-refractivity contribution < 1.29 is 17.9 Å². The van der Waals surface area contributed by atoms with E-state index in [2.05, 4.69) is 10.3 Å². The highest BCUT2D eigenvalue weighted by Gasteiger charge is 2.15. The number of carbonyl (C=O) groups excluding carboxylic acids is 1. The number of hydrogen-bond acceptors (Lipinski definition) is 6.